The molecule has 7 nitrogen and oxygen atoms in total. The number of piperidine rings is 1. The van der Waals surface area contributed by atoms with Crippen LogP contribution in [0.1, 0.15) is 68.6 Å². The predicted octanol–water partition coefficient (Wildman–Crippen LogP) is 6.19. The van der Waals surface area contributed by atoms with Crippen molar-refractivity contribution in [2.45, 2.75) is 88.6 Å². The lowest BCUT2D eigenvalue weighted by Gasteiger charge is -2.42. The van der Waals surface area contributed by atoms with E-state index in [1.54, 1.807) is 6.92 Å². The standard InChI is InChI=1S/C29H34Cl2F4N4O3/c1-28(15-40)7-5-17(6-8-28)37-26(29(33,34)35)21(13-36)27(42)39(20-11-18-3-4-19(12-20)38(18)2)14-24(41)25-22(30)9-16(32)10-23(25)31/h9-10,13,15,17-21,36H,3-8,11-12,14H2,1-2H3. The quantitative estimate of drug-likeness (QED) is 0.152. The largest absolute Gasteiger partial charge is 0.430 e. The third-order valence-electron chi connectivity index (χ3n) is 9.12. The van der Waals surface area contributed by atoms with Crippen molar-refractivity contribution in [1.82, 2.24) is 9.80 Å². The molecule has 1 aromatic rings. The lowest BCUT2D eigenvalue weighted by Crippen LogP contribution is -2.55. The van der Waals surface area contributed by atoms with Crippen LogP contribution >= 0.6 is 23.2 Å². The molecule has 1 saturated carbocycles. The van der Waals surface area contributed by atoms with Crippen molar-refractivity contribution in [2.24, 2.45) is 16.3 Å². The average Bonchev–Trinajstić information content (AvgIpc) is 3.10. The highest BCUT2D eigenvalue weighted by Crippen LogP contribution is 2.39. The van der Waals surface area contributed by atoms with E-state index in [-0.39, 0.29) is 40.5 Å². The van der Waals surface area contributed by atoms with E-state index < -0.39 is 59.4 Å². The molecule has 1 aliphatic carbocycles. The van der Waals surface area contributed by atoms with Crippen molar-refractivity contribution < 1.29 is 31.9 Å². The number of carbonyl (C=O) groups is 3. The van der Waals surface area contributed by atoms with Gasteiger partial charge in [-0.1, -0.05) is 30.1 Å². The molecule has 42 heavy (non-hydrogen) atoms. The third kappa shape index (κ3) is 6.89. The first-order chi connectivity index (χ1) is 19.7. The second-order valence-electron chi connectivity index (χ2n) is 12.0. The Kier molecular flexibility index (Phi) is 9.84. The van der Waals surface area contributed by atoms with Crippen LogP contribution in [0.3, 0.4) is 0 Å². The highest BCUT2D eigenvalue weighted by molar-refractivity contribution is 6.40. The predicted molar refractivity (Wildman–Crippen MR) is 152 cm³/mol. The molecule has 2 heterocycles. The number of amides is 1. The molecule has 1 N–H and O–H groups in total. The number of nitrogens with one attached hydrogen (secondary N) is 1. The molecule has 4 rings (SSSR count). The normalized spacial score (nSPS) is 29.2. The number of Topliss-reactive ketones (excluding diaryl/α,β-unsaturated/α-hetero) is 1. The van der Waals surface area contributed by atoms with Crippen molar-refractivity contribution in [2.75, 3.05) is 13.6 Å². The number of rotatable bonds is 9. The zero-order chi connectivity index (χ0) is 31.0. The zero-order valence-corrected chi connectivity index (χ0v) is 24.9. The highest BCUT2D eigenvalue weighted by atomic mass is 35.5. The number of benzene rings is 1. The molecule has 0 aromatic heterocycles. The Labute approximate surface area is 252 Å². The van der Waals surface area contributed by atoms with E-state index >= 15 is 0 Å². The number of aliphatic imine (C=N–C) groups is 1. The topological polar surface area (TPSA) is 93.9 Å². The number of hydrogen-bond acceptors (Lipinski definition) is 6. The Bertz CT molecular complexity index is 1230. The summed E-state index contributed by atoms with van der Waals surface area (Å²) in [5.41, 5.74) is -2.26. The number of ketones is 1. The van der Waals surface area contributed by atoms with Gasteiger partial charge in [-0.25, -0.2) is 4.39 Å². The number of aldehydes is 1. The molecule has 3 fully saturated rings. The van der Waals surface area contributed by atoms with Gasteiger partial charge in [0.25, 0.3) is 0 Å². The number of alkyl halides is 3. The molecule has 0 radical (unpaired) electrons. The fourth-order valence-electron chi connectivity index (χ4n) is 6.55. The third-order valence-corrected chi connectivity index (χ3v) is 9.71. The van der Waals surface area contributed by atoms with E-state index in [1.165, 1.54) is 0 Å². The maximum absolute atomic E-state index is 14.4. The summed E-state index contributed by atoms with van der Waals surface area (Å²) in [4.78, 5) is 46.1. The van der Waals surface area contributed by atoms with Gasteiger partial charge in [0.15, 0.2) is 5.78 Å². The summed E-state index contributed by atoms with van der Waals surface area (Å²) in [6.07, 6.45) is -0.0209. The van der Waals surface area contributed by atoms with Crippen LogP contribution in [-0.2, 0) is 9.59 Å². The smallest absolute Gasteiger partial charge is 0.331 e. The Morgan fingerprint density at radius 2 is 1.69 bits per heavy atom. The summed E-state index contributed by atoms with van der Waals surface area (Å²) in [7, 11) is 1.96. The molecule has 2 aliphatic heterocycles. The van der Waals surface area contributed by atoms with Crippen LogP contribution in [0, 0.1) is 22.6 Å². The lowest BCUT2D eigenvalue weighted by atomic mass is 9.75. The van der Waals surface area contributed by atoms with Gasteiger partial charge >= 0.3 is 6.18 Å². The van der Waals surface area contributed by atoms with E-state index in [9.17, 15) is 31.9 Å². The summed E-state index contributed by atoms with van der Waals surface area (Å²) >= 11 is 12.2. The molecular formula is C29H34Cl2F4N4O3. The van der Waals surface area contributed by atoms with Gasteiger partial charge in [-0.15, -0.1) is 0 Å². The summed E-state index contributed by atoms with van der Waals surface area (Å²) < 4.78 is 57.1. The summed E-state index contributed by atoms with van der Waals surface area (Å²) in [6, 6.07) is 0.624. The zero-order valence-electron chi connectivity index (χ0n) is 23.4. The van der Waals surface area contributed by atoms with E-state index in [0.29, 0.717) is 31.9 Å². The van der Waals surface area contributed by atoms with E-state index in [1.807, 2.05) is 7.05 Å². The minimum absolute atomic E-state index is 0.0840. The lowest BCUT2D eigenvalue weighted by molar-refractivity contribution is -0.136. The van der Waals surface area contributed by atoms with E-state index in [2.05, 4.69) is 9.89 Å². The Hall–Kier alpha value is -2.37. The molecule has 13 heteroatoms. The van der Waals surface area contributed by atoms with Crippen LogP contribution in [0.15, 0.2) is 17.1 Å². The first-order valence-electron chi connectivity index (χ1n) is 14.0. The van der Waals surface area contributed by atoms with Gasteiger partial charge in [-0.2, -0.15) is 13.2 Å². The SMILES string of the molecule is CN1C2CCC1CC(N(CC(=O)c1c(Cl)cc(F)cc1Cl)C(=O)C(C=N)C(=NC1CCC(C)(C=O)CC1)C(F)(F)F)C2. The first-order valence-corrected chi connectivity index (χ1v) is 14.7. The summed E-state index contributed by atoms with van der Waals surface area (Å²) in [5.74, 6) is -4.66. The van der Waals surface area contributed by atoms with Gasteiger partial charge in [0, 0.05) is 29.8 Å². The number of hydrogen-bond donors (Lipinski definition) is 1. The van der Waals surface area contributed by atoms with Gasteiger partial charge in [-0.3, -0.25) is 14.6 Å². The molecular weight excluding hydrogens is 599 g/mol. The maximum atomic E-state index is 14.4. The first kappa shape index (κ1) is 32.5. The molecule has 0 spiro atoms. The monoisotopic (exact) mass is 632 g/mol. The van der Waals surface area contributed by atoms with Gasteiger partial charge in [0.05, 0.1) is 28.2 Å². The van der Waals surface area contributed by atoms with Crippen molar-refractivity contribution in [1.29, 1.82) is 5.41 Å². The number of carbonyl (C=O) groups excluding carboxylic acids is 3. The Morgan fingerprint density at radius 1 is 1.14 bits per heavy atom. The maximum Gasteiger partial charge on any atom is 0.430 e. The van der Waals surface area contributed by atoms with E-state index in [0.717, 1.165) is 36.2 Å². The molecule has 2 saturated heterocycles. The van der Waals surface area contributed by atoms with Crippen molar-refractivity contribution in [3.8, 4) is 0 Å². The molecule has 3 unspecified atom stereocenters. The minimum Gasteiger partial charge on any atom is -0.331 e. The van der Waals surface area contributed by atoms with Gasteiger partial charge in [0.1, 0.15) is 23.7 Å². The second kappa shape index (κ2) is 12.7. The fraction of sp³-hybridized carbons (Fsp3) is 0.621. The van der Waals surface area contributed by atoms with Crippen LogP contribution in [0.2, 0.25) is 10.0 Å². The Balaban J connectivity index is 1.68. The van der Waals surface area contributed by atoms with Crippen LogP contribution in [-0.4, -0.2) is 83.6 Å². The molecule has 3 atom stereocenters. The summed E-state index contributed by atoms with van der Waals surface area (Å²) in [5, 5.41) is 7.35. The molecule has 1 aromatic carbocycles. The molecule has 1 amide bonds. The van der Waals surface area contributed by atoms with Crippen LogP contribution in [0.5, 0.6) is 0 Å². The number of halogens is 6. The van der Waals surface area contributed by atoms with Crippen molar-refractivity contribution in [3.63, 3.8) is 0 Å². The van der Waals surface area contributed by atoms with Crippen LogP contribution in [0.4, 0.5) is 17.6 Å². The average molecular weight is 634 g/mol. The van der Waals surface area contributed by atoms with Crippen LogP contribution < -0.4 is 0 Å². The molecule has 2 bridgehead atoms. The van der Waals surface area contributed by atoms with Crippen LogP contribution in [0.25, 0.3) is 0 Å². The second-order valence-corrected chi connectivity index (χ2v) is 12.8. The van der Waals surface area contributed by atoms with Gasteiger partial charge < -0.3 is 20.0 Å². The summed E-state index contributed by atoms with van der Waals surface area (Å²) in [6.45, 7) is 1.10. The van der Waals surface area contributed by atoms with Crippen molar-refractivity contribution >= 4 is 53.1 Å². The fourth-order valence-corrected chi connectivity index (χ4v) is 7.22. The number of nitrogens with zero attached hydrogens (tertiary/aromatic N) is 3. The highest BCUT2D eigenvalue weighted by Gasteiger charge is 2.48. The van der Waals surface area contributed by atoms with Gasteiger partial charge in [0.2, 0.25) is 5.91 Å². The number of fused-ring (bicyclic) bond motifs is 2. The van der Waals surface area contributed by atoms with E-state index in [4.69, 9.17) is 28.6 Å². The minimum atomic E-state index is -5.02. The Morgan fingerprint density at radius 3 is 2.17 bits per heavy atom. The molecule has 230 valence electrons. The van der Waals surface area contributed by atoms with Crippen molar-refractivity contribution in [3.05, 3.63) is 33.6 Å². The molecule has 3 aliphatic rings. The van der Waals surface area contributed by atoms with Gasteiger partial charge in [-0.05, 0) is 70.5 Å².